The molecule has 0 bridgehead atoms. The standard InChI is InChI=1S/C22H31N3O5/c1-28-18-6-3-5-17(20(18)29-2)13-23-9-4-7-22(15-23)8-10-25(16-22)19(26)14-24-11-12-30-21(24)27/h3,5-6H,4,7-16H2,1-2H3/t22-/m0/s1. The van der Waals surface area contributed by atoms with Crippen molar-refractivity contribution in [3.05, 3.63) is 23.8 Å². The number of nitrogens with zero attached hydrogens (tertiary/aromatic N) is 3. The van der Waals surface area contributed by atoms with Crippen LogP contribution >= 0.6 is 0 Å². The third kappa shape index (κ3) is 4.19. The molecule has 1 aromatic carbocycles. The van der Waals surface area contributed by atoms with Crippen LogP contribution in [0.5, 0.6) is 11.5 Å². The second-order valence-corrected chi connectivity index (χ2v) is 8.57. The molecule has 0 radical (unpaired) electrons. The topological polar surface area (TPSA) is 71.5 Å². The largest absolute Gasteiger partial charge is 0.493 e. The second-order valence-electron chi connectivity index (χ2n) is 8.57. The molecule has 0 N–H and O–H groups in total. The van der Waals surface area contributed by atoms with Crippen molar-refractivity contribution in [2.45, 2.75) is 25.8 Å². The van der Waals surface area contributed by atoms with Crippen LogP contribution in [-0.4, -0.2) is 86.8 Å². The maximum absolute atomic E-state index is 12.7. The number of benzene rings is 1. The average molecular weight is 418 g/mol. The molecule has 1 atom stereocenters. The molecular weight excluding hydrogens is 386 g/mol. The van der Waals surface area contributed by atoms with Gasteiger partial charge < -0.3 is 19.1 Å². The van der Waals surface area contributed by atoms with Crippen molar-refractivity contribution in [3.8, 4) is 11.5 Å². The Labute approximate surface area is 177 Å². The fourth-order valence-corrected chi connectivity index (χ4v) is 5.08. The SMILES string of the molecule is COc1cccc(CN2CCC[C@]3(CCN(C(=O)CN4CCOC4=O)C3)C2)c1OC. The molecule has 0 unspecified atom stereocenters. The van der Waals surface area contributed by atoms with Gasteiger partial charge >= 0.3 is 6.09 Å². The lowest BCUT2D eigenvalue weighted by molar-refractivity contribution is -0.131. The van der Waals surface area contributed by atoms with E-state index in [1.807, 2.05) is 17.0 Å². The number of ether oxygens (including phenoxy) is 3. The molecule has 1 spiro atoms. The maximum atomic E-state index is 12.7. The summed E-state index contributed by atoms with van der Waals surface area (Å²) in [5.41, 5.74) is 1.25. The first-order chi connectivity index (χ1) is 14.5. The lowest BCUT2D eigenvalue weighted by Crippen LogP contribution is -2.46. The predicted molar refractivity (Wildman–Crippen MR) is 111 cm³/mol. The molecule has 3 aliphatic rings. The molecule has 3 saturated heterocycles. The summed E-state index contributed by atoms with van der Waals surface area (Å²) in [7, 11) is 3.33. The van der Waals surface area contributed by atoms with E-state index < -0.39 is 0 Å². The molecule has 1 aromatic rings. The highest BCUT2D eigenvalue weighted by atomic mass is 16.6. The molecule has 30 heavy (non-hydrogen) atoms. The van der Waals surface area contributed by atoms with Gasteiger partial charge in [0.25, 0.3) is 0 Å². The van der Waals surface area contributed by atoms with E-state index >= 15 is 0 Å². The van der Waals surface area contributed by atoms with Crippen LogP contribution in [0, 0.1) is 5.41 Å². The minimum absolute atomic E-state index is 0.0253. The van der Waals surface area contributed by atoms with E-state index in [0.29, 0.717) is 13.2 Å². The summed E-state index contributed by atoms with van der Waals surface area (Å²) in [5, 5.41) is 0. The van der Waals surface area contributed by atoms with Gasteiger partial charge in [0, 0.05) is 37.2 Å². The summed E-state index contributed by atoms with van der Waals surface area (Å²) in [5.74, 6) is 1.57. The van der Waals surface area contributed by atoms with Crippen LogP contribution in [0.15, 0.2) is 18.2 Å². The molecule has 0 aliphatic carbocycles. The number of para-hydroxylation sites is 1. The van der Waals surface area contributed by atoms with E-state index in [-0.39, 0.29) is 24.0 Å². The van der Waals surface area contributed by atoms with Crippen molar-refractivity contribution in [2.24, 2.45) is 5.41 Å². The molecule has 0 saturated carbocycles. The lowest BCUT2D eigenvalue weighted by atomic mass is 9.79. The number of hydrogen-bond donors (Lipinski definition) is 0. The molecule has 3 fully saturated rings. The fraction of sp³-hybridized carbons (Fsp3) is 0.636. The van der Waals surface area contributed by atoms with E-state index in [0.717, 1.165) is 69.0 Å². The Morgan fingerprint density at radius 2 is 2.00 bits per heavy atom. The summed E-state index contributed by atoms with van der Waals surface area (Å²) in [4.78, 5) is 30.3. The van der Waals surface area contributed by atoms with E-state index in [4.69, 9.17) is 14.2 Å². The Bertz CT molecular complexity index is 801. The number of hydrogen-bond acceptors (Lipinski definition) is 6. The van der Waals surface area contributed by atoms with Crippen LogP contribution in [0.3, 0.4) is 0 Å². The Hall–Kier alpha value is -2.48. The molecular formula is C22H31N3O5. The number of amides is 2. The summed E-state index contributed by atoms with van der Waals surface area (Å²) < 4.78 is 16.0. The number of piperidine rings is 1. The van der Waals surface area contributed by atoms with Gasteiger partial charge in [-0.1, -0.05) is 12.1 Å². The van der Waals surface area contributed by atoms with Gasteiger partial charge in [0.05, 0.1) is 20.8 Å². The minimum atomic E-state index is -0.381. The van der Waals surface area contributed by atoms with E-state index in [2.05, 4.69) is 11.0 Å². The molecule has 4 rings (SSSR count). The van der Waals surface area contributed by atoms with Gasteiger partial charge in [0.15, 0.2) is 11.5 Å². The lowest BCUT2D eigenvalue weighted by Gasteiger charge is -2.40. The first-order valence-electron chi connectivity index (χ1n) is 10.7. The number of carbonyl (C=O) groups excluding carboxylic acids is 2. The third-order valence-electron chi connectivity index (χ3n) is 6.58. The van der Waals surface area contributed by atoms with Crippen molar-refractivity contribution in [3.63, 3.8) is 0 Å². The zero-order valence-corrected chi connectivity index (χ0v) is 17.9. The van der Waals surface area contributed by atoms with Crippen LogP contribution in [0.4, 0.5) is 4.79 Å². The van der Waals surface area contributed by atoms with Crippen molar-refractivity contribution >= 4 is 12.0 Å². The summed E-state index contributed by atoms with van der Waals surface area (Å²) in [6.07, 6.45) is 2.88. The first-order valence-corrected chi connectivity index (χ1v) is 10.7. The Morgan fingerprint density at radius 1 is 1.13 bits per heavy atom. The summed E-state index contributed by atoms with van der Waals surface area (Å²) in [6.45, 7) is 5.32. The molecule has 164 valence electrons. The number of likely N-dealkylation sites (tertiary alicyclic amines) is 2. The quantitative estimate of drug-likeness (QED) is 0.705. The van der Waals surface area contributed by atoms with Crippen LogP contribution in [0.1, 0.15) is 24.8 Å². The Morgan fingerprint density at radius 3 is 2.73 bits per heavy atom. The molecule has 3 aliphatic heterocycles. The molecule has 2 amide bonds. The van der Waals surface area contributed by atoms with E-state index in [1.54, 1.807) is 14.2 Å². The van der Waals surface area contributed by atoms with E-state index in [1.165, 1.54) is 4.90 Å². The minimum Gasteiger partial charge on any atom is -0.493 e. The highest BCUT2D eigenvalue weighted by molar-refractivity contribution is 5.83. The van der Waals surface area contributed by atoms with Crippen molar-refractivity contribution in [2.75, 3.05) is 60.1 Å². The van der Waals surface area contributed by atoms with Crippen molar-refractivity contribution in [1.29, 1.82) is 0 Å². The molecule has 8 nitrogen and oxygen atoms in total. The fourth-order valence-electron chi connectivity index (χ4n) is 5.08. The third-order valence-corrected chi connectivity index (χ3v) is 6.58. The monoisotopic (exact) mass is 417 g/mol. The van der Waals surface area contributed by atoms with Crippen LogP contribution in [-0.2, 0) is 16.1 Å². The van der Waals surface area contributed by atoms with Gasteiger partial charge in [-0.15, -0.1) is 0 Å². The average Bonchev–Trinajstić information content (AvgIpc) is 3.34. The number of methoxy groups -OCH3 is 2. The normalized spacial score (nSPS) is 24.4. The zero-order chi connectivity index (χ0) is 21.1. The molecule has 8 heteroatoms. The smallest absolute Gasteiger partial charge is 0.410 e. The first kappa shape index (κ1) is 20.8. The number of rotatable bonds is 6. The molecule has 0 aromatic heterocycles. The summed E-state index contributed by atoms with van der Waals surface area (Å²) >= 11 is 0. The van der Waals surface area contributed by atoms with Crippen LogP contribution < -0.4 is 9.47 Å². The predicted octanol–water partition coefficient (Wildman–Crippen LogP) is 1.97. The van der Waals surface area contributed by atoms with Crippen LogP contribution in [0.25, 0.3) is 0 Å². The van der Waals surface area contributed by atoms with Gasteiger partial charge in [0.1, 0.15) is 13.2 Å². The van der Waals surface area contributed by atoms with Gasteiger partial charge in [-0.2, -0.15) is 0 Å². The van der Waals surface area contributed by atoms with Crippen LogP contribution in [0.2, 0.25) is 0 Å². The van der Waals surface area contributed by atoms with Gasteiger partial charge in [-0.3, -0.25) is 14.6 Å². The van der Waals surface area contributed by atoms with Crippen molar-refractivity contribution < 1.29 is 23.8 Å². The van der Waals surface area contributed by atoms with Gasteiger partial charge in [-0.25, -0.2) is 4.79 Å². The highest BCUT2D eigenvalue weighted by Gasteiger charge is 2.43. The zero-order valence-electron chi connectivity index (χ0n) is 17.9. The maximum Gasteiger partial charge on any atom is 0.410 e. The number of carbonyl (C=O) groups is 2. The Kier molecular flexibility index (Phi) is 6.04. The van der Waals surface area contributed by atoms with Gasteiger partial charge in [0.2, 0.25) is 5.91 Å². The number of cyclic esters (lactones) is 1. The van der Waals surface area contributed by atoms with Crippen molar-refractivity contribution in [1.82, 2.24) is 14.7 Å². The van der Waals surface area contributed by atoms with E-state index in [9.17, 15) is 9.59 Å². The van der Waals surface area contributed by atoms with Gasteiger partial charge in [-0.05, 0) is 31.9 Å². The Balaban J connectivity index is 1.38. The molecule has 3 heterocycles. The summed E-state index contributed by atoms with van der Waals surface area (Å²) in [6, 6.07) is 5.99. The highest BCUT2D eigenvalue weighted by Crippen LogP contribution is 2.40. The second kappa shape index (κ2) is 8.71.